The molecule has 0 aliphatic heterocycles. The van der Waals surface area contributed by atoms with Gasteiger partial charge in [-0.1, -0.05) is 6.92 Å². The quantitative estimate of drug-likeness (QED) is 0.723. The second kappa shape index (κ2) is 4.77. The van der Waals surface area contributed by atoms with Crippen LogP contribution in [0.25, 0.3) is 0 Å². The van der Waals surface area contributed by atoms with Crippen molar-refractivity contribution in [3.63, 3.8) is 0 Å². The van der Waals surface area contributed by atoms with Crippen LogP contribution in [-0.4, -0.2) is 22.6 Å². The van der Waals surface area contributed by atoms with E-state index in [1.807, 2.05) is 6.92 Å². The lowest BCUT2D eigenvalue weighted by molar-refractivity contribution is 0.677. The van der Waals surface area contributed by atoms with Crippen LogP contribution in [0.3, 0.4) is 0 Å². The third kappa shape index (κ3) is 2.99. The summed E-state index contributed by atoms with van der Waals surface area (Å²) < 4.78 is 0. The maximum absolute atomic E-state index is 5.76. The second-order valence-corrected chi connectivity index (χ2v) is 3.04. The van der Waals surface area contributed by atoms with E-state index in [4.69, 9.17) is 5.73 Å². The largest absolute Gasteiger partial charge is 0.367 e. The first kappa shape index (κ1) is 9.92. The zero-order valence-electron chi connectivity index (χ0n) is 8.12. The number of nitrogens with zero attached hydrogens (tertiary/aromatic N) is 2. The van der Waals surface area contributed by atoms with Gasteiger partial charge in [0, 0.05) is 25.0 Å². The molecule has 4 heteroatoms. The number of nitrogens with one attached hydrogen (secondary N) is 1. The number of hydrogen-bond donors (Lipinski definition) is 2. The van der Waals surface area contributed by atoms with Crippen molar-refractivity contribution in [2.45, 2.75) is 26.3 Å². The van der Waals surface area contributed by atoms with Crippen molar-refractivity contribution in [1.82, 2.24) is 9.97 Å². The molecule has 0 saturated carbocycles. The lowest BCUT2D eigenvalue weighted by Crippen LogP contribution is -2.28. The number of aromatic nitrogens is 2. The summed E-state index contributed by atoms with van der Waals surface area (Å²) in [6.07, 6.45) is 4.32. The molecule has 1 heterocycles. The zero-order valence-corrected chi connectivity index (χ0v) is 8.12. The molecule has 0 aromatic carbocycles. The SMILES string of the molecule is CCC(N)CNc1nccnc1C. The zero-order chi connectivity index (χ0) is 9.68. The van der Waals surface area contributed by atoms with E-state index in [0.717, 1.165) is 24.5 Å². The van der Waals surface area contributed by atoms with Crippen LogP contribution in [0.2, 0.25) is 0 Å². The highest BCUT2D eigenvalue weighted by Gasteiger charge is 2.01. The molecule has 4 nitrogen and oxygen atoms in total. The number of rotatable bonds is 4. The highest BCUT2D eigenvalue weighted by molar-refractivity contribution is 5.38. The van der Waals surface area contributed by atoms with Crippen molar-refractivity contribution in [2.75, 3.05) is 11.9 Å². The molecule has 0 amide bonds. The molecule has 0 fully saturated rings. The van der Waals surface area contributed by atoms with Crippen LogP contribution in [0.1, 0.15) is 19.0 Å². The summed E-state index contributed by atoms with van der Waals surface area (Å²) in [5, 5.41) is 3.16. The van der Waals surface area contributed by atoms with Gasteiger partial charge in [0.1, 0.15) is 5.82 Å². The summed E-state index contributed by atoms with van der Waals surface area (Å²) in [5.74, 6) is 0.825. The maximum atomic E-state index is 5.76. The Labute approximate surface area is 78.6 Å². The van der Waals surface area contributed by atoms with Crippen molar-refractivity contribution in [3.8, 4) is 0 Å². The molecular formula is C9H16N4. The molecule has 72 valence electrons. The van der Waals surface area contributed by atoms with Gasteiger partial charge < -0.3 is 11.1 Å². The van der Waals surface area contributed by atoms with Gasteiger partial charge in [-0.2, -0.15) is 0 Å². The Hall–Kier alpha value is -1.16. The van der Waals surface area contributed by atoms with Crippen molar-refractivity contribution in [3.05, 3.63) is 18.1 Å². The molecule has 0 radical (unpaired) electrons. The van der Waals surface area contributed by atoms with E-state index in [1.165, 1.54) is 0 Å². The molecule has 13 heavy (non-hydrogen) atoms. The van der Waals surface area contributed by atoms with E-state index in [-0.39, 0.29) is 6.04 Å². The van der Waals surface area contributed by atoms with Crippen LogP contribution in [0.5, 0.6) is 0 Å². The first-order valence-corrected chi connectivity index (χ1v) is 4.51. The lowest BCUT2D eigenvalue weighted by Gasteiger charge is -2.11. The average Bonchev–Trinajstić information content (AvgIpc) is 2.16. The Morgan fingerprint density at radius 1 is 1.46 bits per heavy atom. The Balaban J connectivity index is 2.50. The molecule has 0 aliphatic carbocycles. The molecule has 1 aromatic heterocycles. The second-order valence-electron chi connectivity index (χ2n) is 3.04. The monoisotopic (exact) mass is 180 g/mol. The Morgan fingerprint density at radius 2 is 2.15 bits per heavy atom. The third-order valence-electron chi connectivity index (χ3n) is 1.94. The molecule has 1 unspecified atom stereocenters. The maximum Gasteiger partial charge on any atom is 0.147 e. The molecule has 1 aromatic rings. The minimum Gasteiger partial charge on any atom is -0.367 e. The van der Waals surface area contributed by atoms with E-state index >= 15 is 0 Å². The summed E-state index contributed by atoms with van der Waals surface area (Å²) in [5.41, 5.74) is 6.67. The normalized spacial score (nSPS) is 12.5. The van der Waals surface area contributed by atoms with Gasteiger partial charge in [0.25, 0.3) is 0 Å². The van der Waals surface area contributed by atoms with E-state index in [9.17, 15) is 0 Å². The van der Waals surface area contributed by atoms with E-state index in [0.29, 0.717) is 0 Å². The third-order valence-corrected chi connectivity index (χ3v) is 1.94. The summed E-state index contributed by atoms with van der Waals surface area (Å²) >= 11 is 0. The number of hydrogen-bond acceptors (Lipinski definition) is 4. The molecule has 0 aliphatic rings. The van der Waals surface area contributed by atoms with Gasteiger partial charge in [0.05, 0.1) is 5.69 Å². The number of aryl methyl sites for hydroxylation is 1. The summed E-state index contributed by atoms with van der Waals surface area (Å²) in [6.45, 7) is 4.73. The van der Waals surface area contributed by atoms with Crippen molar-refractivity contribution in [1.29, 1.82) is 0 Å². The molecule has 0 spiro atoms. The van der Waals surface area contributed by atoms with Crippen LogP contribution in [0, 0.1) is 6.92 Å². The molecule has 1 rings (SSSR count). The van der Waals surface area contributed by atoms with Crippen molar-refractivity contribution < 1.29 is 0 Å². The Kier molecular flexibility index (Phi) is 3.64. The summed E-state index contributed by atoms with van der Waals surface area (Å²) in [7, 11) is 0. The van der Waals surface area contributed by atoms with E-state index < -0.39 is 0 Å². The average molecular weight is 180 g/mol. The van der Waals surface area contributed by atoms with E-state index in [2.05, 4.69) is 22.2 Å². The molecule has 1 atom stereocenters. The minimum atomic E-state index is 0.182. The van der Waals surface area contributed by atoms with Crippen molar-refractivity contribution >= 4 is 5.82 Å². The Bertz CT molecular complexity index is 262. The Morgan fingerprint density at radius 3 is 2.77 bits per heavy atom. The highest BCUT2D eigenvalue weighted by atomic mass is 15.0. The van der Waals surface area contributed by atoms with Gasteiger partial charge in [-0.3, -0.25) is 4.98 Å². The van der Waals surface area contributed by atoms with Crippen LogP contribution in [0.4, 0.5) is 5.82 Å². The van der Waals surface area contributed by atoms with Crippen LogP contribution in [0.15, 0.2) is 12.4 Å². The van der Waals surface area contributed by atoms with Gasteiger partial charge in [-0.05, 0) is 13.3 Å². The van der Waals surface area contributed by atoms with Gasteiger partial charge in [-0.15, -0.1) is 0 Å². The lowest BCUT2D eigenvalue weighted by atomic mass is 10.2. The van der Waals surface area contributed by atoms with Crippen LogP contribution in [-0.2, 0) is 0 Å². The van der Waals surface area contributed by atoms with Crippen molar-refractivity contribution in [2.24, 2.45) is 5.73 Å². The molecule has 0 bridgehead atoms. The predicted octanol–water partition coefficient (Wildman–Crippen LogP) is 0.934. The topological polar surface area (TPSA) is 63.8 Å². The number of anilines is 1. The van der Waals surface area contributed by atoms with Gasteiger partial charge in [0.15, 0.2) is 0 Å². The van der Waals surface area contributed by atoms with Crippen LogP contribution >= 0.6 is 0 Å². The molecule has 0 saturated heterocycles. The first-order chi connectivity index (χ1) is 6.24. The van der Waals surface area contributed by atoms with Gasteiger partial charge >= 0.3 is 0 Å². The predicted molar refractivity (Wildman–Crippen MR) is 53.5 cm³/mol. The minimum absolute atomic E-state index is 0.182. The fourth-order valence-electron chi connectivity index (χ4n) is 0.953. The smallest absolute Gasteiger partial charge is 0.147 e. The van der Waals surface area contributed by atoms with E-state index in [1.54, 1.807) is 12.4 Å². The van der Waals surface area contributed by atoms with Crippen LogP contribution < -0.4 is 11.1 Å². The van der Waals surface area contributed by atoms with Gasteiger partial charge in [-0.25, -0.2) is 4.98 Å². The fraction of sp³-hybridized carbons (Fsp3) is 0.556. The van der Waals surface area contributed by atoms with Gasteiger partial charge in [0.2, 0.25) is 0 Å². The summed E-state index contributed by atoms with van der Waals surface area (Å²) in [4.78, 5) is 8.27. The highest BCUT2D eigenvalue weighted by Crippen LogP contribution is 2.05. The molecular weight excluding hydrogens is 164 g/mol. The summed E-state index contributed by atoms with van der Waals surface area (Å²) in [6, 6.07) is 0.182. The first-order valence-electron chi connectivity index (χ1n) is 4.51. The molecule has 3 N–H and O–H groups in total. The standard InChI is InChI=1S/C9H16N4/c1-3-8(10)6-13-9-7(2)11-4-5-12-9/h4-5,8H,3,6,10H2,1-2H3,(H,12,13). The fourth-order valence-corrected chi connectivity index (χ4v) is 0.953. The number of nitrogens with two attached hydrogens (primary N) is 1.